The first-order chi connectivity index (χ1) is 5.22. The van der Waals surface area contributed by atoms with Gasteiger partial charge in [-0.15, -0.1) is 12.4 Å². The summed E-state index contributed by atoms with van der Waals surface area (Å²) in [6.07, 6.45) is 0.509. The van der Waals surface area contributed by atoms with E-state index < -0.39 is 6.04 Å². The van der Waals surface area contributed by atoms with Crippen LogP contribution in [0.15, 0.2) is 0 Å². The molecule has 74 valence electrons. The van der Waals surface area contributed by atoms with Crippen molar-refractivity contribution in [1.82, 2.24) is 0 Å². The second-order valence-corrected chi connectivity index (χ2v) is 2.14. The fraction of sp³-hybridized carbons (Fsp3) is 0.857. The zero-order valence-corrected chi connectivity index (χ0v) is 8.23. The van der Waals surface area contributed by atoms with Gasteiger partial charge in [0.25, 0.3) is 0 Å². The van der Waals surface area contributed by atoms with Crippen LogP contribution in [0.5, 0.6) is 0 Å². The van der Waals surface area contributed by atoms with E-state index in [1.807, 2.05) is 0 Å². The average molecular weight is 198 g/mol. The van der Waals surface area contributed by atoms with Crippen LogP contribution < -0.4 is 5.73 Å². The van der Waals surface area contributed by atoms with Crippen molar-refractivity contribution in [1.29, 1.82) is 0 Å². The monoisotopic (exact) mass is 197 g/mol. The Bertz CT molecular complexity index is 121. The van der Waals surface area contributed by atoms with Gasteiger partial charge in [0, 0.05) is 13.7 Å². The van der Waals surface area contributed by atoms with Crippen LogP contribution in [0.25, 0.3) is 0 Å². The van der Waals surface area contributed by atoms with Gasteiger partial charge in [-0.2, -0.15) is 0 Å². The SMILES string of the molecule is CCOC(=O)C(N)CCOC.Cl. The molecule has 0 aromatic heterocycles. The summed E-state index contributed by atoms with van der Waals surface area (Å²) in [7, 11) is 1.57. The van der Waals surface area contributed by atoms with Gasteiger partial charge in [0.15, 0.2) is 0 Å². The van der Waals surface area contributed by atoms with Crippen molar-refractivity contribution in [2.24, 2.45) is 5.73 Å². The minimum atomic E-state index is -0.546. The highest BCUT2D eigenvalue weighted by Gasteiger charge is 2.12. The van der Waals surface area contributed by atoms with Gasteiger partial charge in [0.1, 0.15) is 6.04 Å². The molecule has 0 spiro atoms. The summed E-state index contributed by atoms with van der Waals surface area (Å²) in [4.78, 5) is 10.8. The van der Waals surface area contributed by atoms with Gasteiger partial charge in [-0.3, -0.25) is 4.79 Å². The fourth-order valence-corrected chi connectivity index (χ4v) is 0.612. The van der Waals surface area contributed by atoms with Gasteiger partial charge >= 0.3 is 5.97 Å². The normalized spacial score (nSPS) is 11.6. The first-order valence-electron chi connectivity index (χ1n) is 3.63. The standard InChI is InChI=1S/C7H15NO3.ClH/c1-3-11-7(9)6(8)4-5-10-2;/h6H,3-5,8H2,1-2H3;1H. The number of carbonyl (C=O) groups excluding carboxylic acids is 1. The number of ether oxygens (including phenoxy) is 2. The van der Waals surface area contributed by atoms with Crippen molar-refractivity contribution in [3.8, 4) is 0 Å². The summed E-state index contributed by atoms with van der Waals surface area (Å²) >= 11 is 0. The molecule has 4 nitrogen and oxygen atoms in total. The highest BCUT2D eigenvalue weighted by Crippen LogP contribution is 1.91. The Morgan fingerprint density at radius 3 is 2.58 bits per heavy atom. The van der Waals surface area contributed by atoms with Gasteiger partial charge in [-0.25, -0.2) is 0 Å². The van der Waals surface area contributed by atoms with Crippen LogP contribution in [0.2, 0.25) is 0 Å². The topological polar surface area (TPSA) is 61.5 Å². The lowest BCUT2D eigenvalue weighted by Crippen LogP contribution is -2.33. The highest BCUT2D eigenvalue weighted by molar-refractivity contribution is 5.85. The number of rotatable bonds is 5. The molecule has 0 aromatic carbocycles. The second-order valence-electron chi connectivity index (χ2n) is 2.14. The van der Waals surface area contributed by atoms with Crippen LogP contribution >= 0.6 is 12.4 Å². The maximum atomic E-state index is 10.8. The van der Waals surface area contributed by atoms with Gasteiger partial charge in [0.05, 0.1) is 6.61 Å². The van der Waals surface area contributed by atoms with Crippen molar-refractivity contribution in [2.75, 3.05) is 20.3 Å². The maximum Gasteiger partial charge on any atom is 0.322 e. The minimum Gasteiger partial charge on any atom is -0.465 e. The van der Waals surface area contributed by atoms with Crippen LogP contribution in [-0.4, -0.2) is 32.3 Å². The lowest BCUT2D eigenvalue weighted by atomic mass is 10.2. The molecule has 0 saturated heterocycles. The predicted molar refractivity (Wildman–Crippen MR) is 48.3 cm³/mol. The average Bonchev–Trinajstić information content (AvgIpc) is 2.00. The summed E-state index contributed by atoms with van der Waals surface area (Å²) in [6, 6.07) is -0.546. The molecule has 0 aliphatic carbocycles. The lowest BCUT2D eigenvalue weighted by molar-refractivity contribution is -0.145. The number of methoxy groups -OCH3 is 1. The molecule has 0 aromatic rings. The van der Waals surface area contributed by atoms with E-state index >= 15 is 0 Å². The van der Waals surface area contributed by atoms with Gasteiger partial charge in [0.2, 0.25) is 0 Å². The molecule has 2 N–H and O–H groups in total. The number of carbonyl (C=O) groups is 1. The zero-order valence-electron chi connectivity index (χ0n) is 7.41. The molecule has 0 radical (unpaired) electrons. The van der Waals surface area contributed by atoms with Crippen molar-refractivity contribution < 1.29 is 14.3 Å². The Hall–Kier alpha value is -0.320. The second kappa shape index (κ2) is 8.77. The Balaban J connectivity index is 0. The molecule has 5 heteroatoms. The molecule has 0 heterocycles. The quantitative estimate of drug-likeness (QED) is 0.646. The van der Waals surface area contributed by atoms with Crippen molar-refractivity contribution in [3.63, 3.8) is 0 Å². The molecule has 0 aliphatic heterocycles. The molecule has 0 bridgehead atoms. The minimum absolute atomic E-state index is 0. The van der Waals surface area contributed by atoms with Crippen LogP contribution in [-0.2, 0) is 14.3 Å². The van der Waals surface area contributed by atoms with Gasteiger partial charge in [-0.05, 0) is 13.3 Å². The van der Waals surface area contributed by atoms with Gasteiger partial charge in [-0.1, -0.05) is 0 Å². The zero-order chi connectivity index (χ0) is 8.69. The van der Waals surface area contributed by atoms with E-state index in [1.54, 1.807) is 14.0 Å². The molecule has 1 atom stereocenters. The van der Waals surface area contributed by atoms with Gasteiger partial charge < -0.3 is 15.2 Å². The lowest BCUT2D eigenvalue weighted by Gasteiger charge is -2.08. The number of halogens is 1. The third kappa shape index (κ3) is 6.39. The Labute approximate surface area is 78.8 Å². The fourth-order valence-electron chi connectivity index (χ4n) is 0.612. The molecular formula is C7H16ClNO3. The molecule has 0 amide bonds. The maximum absolute atomic E-state index is 10.8. The highest BCUT2D eigenvalue weighted by atomic mass is 35.5. The molecular weight excluding hydrogens is 182 g/mol. The van der Waals surface area contributed by atoms with E-state index in [-0.39, 0.29) is 18.4 Å². The summed E-state index contributed by atoms with van der Waals surface area (Å²) in [6.45, 7) is 2.61. The summed E-state index contributed by atoms with van der Waals surface area (Å²) < 4.78 is 9.43. The first-order valence-corrected chi connectivity index (χ1v) is 3.63. The molecule has 1 unspecified atom stereocenters. The Kier molecular flexibility index (Phi) is 10.4. The Morgan fingerprint density at radius 1 is 1.58 bits per heavy atom. The number of hydrogen-bond donors (Lipinski definition) is 1. The molecule has 0 aliphatic rings. The van der Waals surface area contributed by atoms with Crippen molar-refractivity contribution >= 4 is 18.4 Å². The van der Waals surface area contributed by atoms with Crippen molar-refractivity contribution in [2.45, 2.75) is 19.4 Å². The van der Waals surface area contributed by atoms with E-state index in [1.165, 1.54) is 0 Å². The molecule has 0 fully saturated rings. The third-order valence-corrected chi connectivity index (χ3v) is 1.22. The predicted octanol–water partition coefficient (Wildman–Crippen LogP) is 0.335. The smallest absolute Gasteiger partial charge is 0.322 e. The summed E-state index contributed by atoms with van der Waals surface area (Å²) in [5, 5.41) is 0. The van der Waals surface area contributed by atoms with E-state index in [9.17, 15) is 4.79 Å². The third-order valence-electron chi connectivity index (χ3n) is 1.22. The number of nitrogens with two attached hydrogens (primary N) is 1. The summed E-state index contributed by atoms with van der Waals surface area (Å²) in [5.41, 5.74) is 5.43. The first kappa shape index (κ1) is 14.2. The van der Waals surface area contributed by atoms with E-state index in [0.29, 0.717) is 19.6 Å². The Morgan fingerprint density at radius 2 is 2.17 bits per heavy atom. The van der Waals surface area contributed by atoms with Crippen molar-refractivity contribution in [3.05, 3.63) is 0 Å². The van der Waals surface area contributed by atoms with Crippen LogP contribution in [0.1, 0.15) is 13.3 Å². The van der Waals surface area contributed by atoms with E-state index in [0.717, 1.165) is 0 Å². The largest absolute Gasteiger partial charge is 0.465 e. The van der Waals surface area contributed by atoms with Crippen LogP contribution in [0.4, 0.5) is 0 Å². The molecule has 12 heavy (non-hydrogen) atoms. The van der Waals surface area contributed by atoms with E-state index in [2.05, 4.69) is 4.74 Å². The number of esters is 1. The number of hydrogen-bond acceptors (Lipinski definition) is 4. The van der Waals surface area contributed by atoms with Crippen LogP contribution in [0.3, 0.4) is 0 Å². The summed E-state index contributed by atoms with van der Waals surface area (Å²) in [5.74, 6) is -0.357. The molecule has 0 rings (SSSR count). The molecule has 0 saturated carbocycles. The van der Waals surface area contributed by atoms with E-state index in [4.69, 9.17) is 10.5 Å². The van der Waals surface area contributed by atoms with Crippen LogP contribution in [0, 0.1) is 0 Å².